The van der Waals surface area contributed by atoms with E-state index in [1.807, 2.05) is 13.0 Å². The number of oxime groups is 1. The predicted octanol–water partition coefficient (Wildman–Crippen LogP) is 3.36. The summed E-state index contributed by atoms with van der Waals surface area (Å²) in [6, 6.07) is 5.35. The number of halogens is 1. The van der Waals surface area contributed by atoms with Gasteiger partial charge >= 0.3 is 0 Å². The van der Waals surface area contributed by atoms with Gasteiger partial charge in [-0.25, -0.2) is 0 Å². The van der Waals surface area contributed by atoms with E-state index in [2.05, 4.69) is 34.9 Å². The van der Waals surface area contributed by atoms with Gasteiger partial charge in [0.25, 0.3) is 0 Å². The molecule has 0 bridgehead atoms. The van der Waals surface area contributed by atoms with Crippen molar-refractivity contribution in [2.24, 2.45) is 16.8 Å². The van der Waals surface area contributed by atoms with Crippen LogP contribution in [0, 0.1) is 5.92 Å². The van der Waals surface area contributed by atoms with Gasteiger partial charge in [0.2, 0.25) is 0 Å². The molecule has 0 fully saturated rings. The highest BCUT2D eigenvalue weighted by atomic mass is 79.9. The summed E-state index contributed by atoms with van der Waals surface area (Å²) in [5, 5.41) is 11.6. The van der Waals surface area contributed by atoms with Gasteiger partial charge in [0.05, 0.1) is 10.6 Å². The van der Waals surface area contributed by atoms with Crippen LogP contribution < -0.4 is 10.5 Å². The first-order valence-corrected chi connectivity index (χ1v) is 6.67. The summed E-state index contributed by atoms with van der Waals surface area (Å²) in [6.07, 6.45) is 1.14. The summed E-state index contributed by atoms with van der Waals surface area (Å²) in [4.78, 5) is 0. The Morgan fingerprint density at radius 3 is 2.61 bits per heavy atom. The lowest BCUT2D eigenvalue weighted by atomic mass is 10.1. The molecule has 1 atom stereocenters. The molecular formula is C13H19BrN2O2. The van der Waals surface area contributed by atoms with Crippen LogP contribution in [0.4, 0.5) is 0 Å². The Balaban J connectivity index is 2.80. The molecule has 4 nitrogen and oxygen atoms in total. The average Bonchev–Trinajstić information content (AvgIpc) is 2.29. The maximum Gasteiger partial charge on any atom is 0.170 e. The highest BCUT2D eigenvalue weighted by molar-refractivity contribution is 9.10. The van der Waals surface area contributed by atoms with Gasteiger partial charge in [0, 0.05) is 5.56 Å². The van der Waals surface area contributed by atoms with E-state index in [1.165, 1.54) is 0 Å². The largest absolute Gasteiger partial charge is 0.490 e. The van der Waals surface area contributed by atoms with E-state index in [4.69, 9.17) is 15.7 Å². The monoisotopic (exact) mass is 314 g/mol. The zero-order valence-electron chi connectivity index (χ0n) is 10.9. The summed E-state index contributed by atoms with van der Waals surface area (Å²) >= 11 is 3.42. The number of benzene rings is 1. The number of amidine groups is 1. The van der Waals surface area contributed by atoms with Crippen LogP contribution in [-0.4, -0.2) is 17.1 Å². The summed E-state index contributed by atoms with van der Waals surface area (Å²) in [5.41, 5.74) is 6.17. The Hall–Kier alpha value is -1.23. The first kappa shape index (κ1) is 14.8. The number of hydrogen-bond donors (Lipinski definition) is 2. The number of ether oxygens (including phenoxy) is 1. The molecule has 100 valence electrons. The van der Waals surface area contributed by atoms with Crippen molar-refractivity contribution < 1.29 is 9.94 Å². The minimum absolute atomic E-state index is 0.0810. The Labute approximate surface area is 116 Å². The van der Waals surface area contributed by atoms with Crippen LogP contribution in [0.15, 0.2) is 27.8 Å². The predicted molar refractivity (Wildman–Crippen MR) is 76.2 cm³/mol. The minimum atomic E-state index is 0.0810. The van der Waals surface area contributed by atoms with Crippen LogP contribution in [0.5, 0.6) is 5.75 Å². The van der Waals surface area contributed by atoms with Crippen molar-refractivity contribution in [3.8, 4) is 5.75 Å². The van der Waals surface area contributed by atoms with Gasteiger partial charge < -0.3 is 15.7 Å². The first-order valence-electron chi connectivity index (χ1n) is 5.88. The van der Waals surface area contributed by atoms with Crippen molar-refractivity contribution in [3.05, 3.63) is 28.2 Å². The Morgan fingerprint density at radius 1 is 1.44 bits per heavy atom. The maximum absolute atomic E-state index is 8.61. The van der Waals surface area contributed by atoms with Gasteiger partial charge in [-0.1, -0.05) is 19.0 Å². The zero-order valence-corrected chi connectivity index (χ0v) is 12.4. The van der Waals surface area contributed by atoms with Gasteiger partial charge in [-0.15, -0.1) is 0 Å². The summed E-state index contributed by atoms with van der Waals surface area (Å²) in [5.74, 6) is 1.44. The van der Waals surface area contributed by atoms with E-state index in [0.717, 1.165) is 16.6 Å². The molecule has 1 unspecified atom stereocenters. The van der Waals surface area contributed by atoms with Crippen LogP contribution in [0.25, 0.3) is 0 Å². The Kier molecular flexibility index (Phi) is 5.47. The number of nitrogens with zero attached hydrogens (tertiary/aromatic N) is 1. The molecule has 1 aromatic carbocycles. The molecule has 18 heavy (non-hydrogen) atoms. The van der Waals surface area contributed by atoms with Crippen LogP contribution in [-0.2, 0) is 0 Å². The lowest BCUT2D eigenvalue weighted by Gasteiger charge is -2.17. The SMILES string of the molecule is CC(C)CC(C)Oc1ccc(/C(N)=N/O)cc1Br. The molecule has 0 aliphatic rings. The fraction of sp³-hybridized carbons (Fsp3) is 0.462. The van der Waals surface area contributed by atoms with Gasteiger partial charge in [-0.3, -0.25) is 0 Å². The molecule has 0 spiro atoms. The van der Waals surface area contributed by atoms with E-state index in [1.54, 1.807) is 12.1 Å². The Bertz CT molecular complexity index is 433. The van der Waals surface area contributed by atoms with E-state index >= 15 is 0 Å². The smallest absolute Gasteiger partial charge is 0.170 e. The van der Waals surface area contributed by atoms with Crippen molar-refractivity contribution in [3.63, 3.8) is 0 Å². The van der Waals surface area contributed by atoms with Crippen molar-refractivity contribution in [1.29, 1.82) is 0 Å². The third-order valence-electron chi connectivity index (χ3n) is 2.47. The molecule has 0 aliphatic heterocycles. The molecule has 0 saturated heterocycles. The van der Waals surface area contributed by atoms with Gasteiger partial charge in [-0.05, 0) is 53.4 Å². The molecule has 5 heteroatoms. The summed E-state index contributed by atoms with van der Waals surface area (Å²) < 4.78 is 6.63. The van der Waals surface area contributed by atoms with Crippen LogP contribution in [0.2, 0.25) is 0 Å². The molecule has 0 radical (unpaired) electrons. The van der Waals surface area contributed by atoms with Crippen LogP contribution in [0.1, 0.15) is 32.8 Å². The highest BCUT2D eigenvalue weighted by Gasteiger charge is 2.10. The second-order valence-electron chi connectivity index (χ2n) is 4.69. The maximum atomic E-state index is 8.61. The van der Waals surface area contributed by atoms with Crippen molar-refractivity contribution in [2.45, 2.75) is 33.3 Å². The molecule has 0 aliphatic carbocycles. The molecule has 0 heterocycles. The molecule has 0 amide bonds. The van der Waals surface area contributed by atoms with E-state index in [9.17, 15) is 0 Å². The highest BCUT2D eigenvalue weighted by Crippen LogP contribution is 2.27. The average molecular weight is 315 g/mol. The van der Waals surface area contributed by atoms with Crippen molar-refractivity contribution in [2.75, 3.05) is 0 Å². The number of nitrogens with two attached hydrogens (primary N) is 1. The zero-order chi connectivity index (χ0) is 13.7. The topological polar surface area (TPSA) is 67.8 Å². The Morgan fingerprint density at radius 2 is 2.11 bits per heavy atom. The quantitative estimate of drug-likeness (QED) is 0.379. The number of rotatable bonds is 5. The van der Waals surface area contributed by atoms with E-state index in [0.29, 0.717) is 11.5 Å². The van der Waals surface area contributed by atoms with E-state index < -0.39 is 0 Å². The van der Waals surface area contributed by atoms with Gasteiger partial charge in [-0.2, -0.15) is 0 Å². The third-order valence-corrected chi connectivity index (χ3v) is 3.09. The van der Waals surface area contributed by atoms with E-state index in [-0.39, 0.29) is 11.9 Å². The molecule has 3 N–H and O–H groups in total. The molecule has 1 rings (SSSR count). The molecule has 0 saturated carbocycles. The minimum Gasteiger partial charge on any atom is -0.490 e. The summed E-state index contributed by atoms with van der Waals surface area (Å²) in [7, 11) is 0. The standard InChI is InChI=1S/C13H19BrN2O2/c1-8(2)6-9(3)18-12-5-4-10(7-11(12)14)13(15)16-17/h4-5,7-9,17H,6H2,1-3H3,(H2,15,16). The summed E-state index contributed by atoms with van der Waals surface area (Å²) in [6.45, 7) is 6.37. The second-order valence-corrected chi connectivity index (χ2v) is 5.54. The third kappa shape index (κ3) is 4.22. The van der Waals surface area contributed by atoms with Crippen molar-refractivity contribution >= 4 is 21.8 Å². The molecule has 0 aromatic heterocycles. The first-order chi connectivity index (χ1) is 8.43. The molecule has 1 aromatic rings. The number of hydrogen-bond acceptors (Lipinski definition) is 3. The second kappa shape index (κ2) is 6.64. The lowest BCUT2D eigenvalue weighted by molar-refractivity contribution is 0.192. The molecular weight excluding hydrogens is 296 g/mol. The normalized spacial score (nSPS) is 13.7. The van der Waals surface area contributed by atoms with Crippen LogP contribution in [0.3, 0.4) is 0 Å². The lowest BCUT2D eigenvalue weighted by Crippen LogP contribution is -2.16. The fourth-order valence-electron chi connectivity index (χ4n) is 1.74. The van der Waals surface area contributed by atoms with Crippen LogP contribution >= 0.6 is 15.9 Å². The van der Waals surface area contributed by atoms with Crippen molar-refractivity contribution in [1.82, 2.24) is 0 Å². The van der Waals surface area contributed by atoms with Gasteiger partial charge in [0.1, 0.15) is 5.75 Å². The fourth-order valence-corrected chi connectivity index (χ4v) is 2.21. The van der Waals surface area contributed by atoms with Gasteiger partial charge in [0.15, 0.2) is 5.84 Å².